The van der Waals surface area contributed by atoms with E-state index in [4.69, 9.17) is 0 Å². The molecule has 5 rings (SSSR count). The lowest BCUT2D eigenvalue weighted by molar-refractivity contribution is -0.133. The third-order valence-electron chi connectivity index (χ3n) is 5.66. The molecule has 38 heavy (non-hydrogen) atoms. The van der Waals surface area contributed by atoms with E-state index in [1.54, 1.807) is 24.3 Å². The van der Waals surface area contributed by atoms with Gasteiger partial charge in [-0.25, -0.2) is 11.1 Å². The average Bonchev–Trinajstić information content (AvgIpc) is 2.93. The van der Waals surface area contributed by atoms with Crippen molar-refractivity contribution < 1.29 is 9.59 Å². The smallest absolute Gasteiger partial charge is 0.314 e. The second kappa shape index (κ2) is 11.4. The second-order valence-electron chi connectivity index (χ2n) is 8.16. The maximum atomic E-state index is 13.1. The number of nitrogens with zero attached hydrogens (tertiary/aromatic N) is 2. The Morgan fingerprint density at radius 3 is 1.32 bits per heavy atom. The molecule has 10 heteroatoms. The molecule has 4 aromatic rings. The molecule has 8 nitrogen and oxygen atoms in total. The zero-order chi connectivity index (χ0) is 26.5. The minimum absolute atomic E-state index is 0.416. The molecular formula is C28H20Br2N6O2. The van der Waals surface area contributed by atoms with Gasteiger partial charge in [-0.2, -0.15) is 10.2 Å². The van der Waals surface area contributed by atoms with Crippen LogP contribution in [0.1, 0.15) is 22.3 Å². The van der Waals surface area contributed by atoms with E-state index < -0.39 is 11.8 Å². The van der Waals surface area contributed by atoms with Crippen molar-refractivity contribution in [1.82, 2.24) is 11.1 Å². The van der Waals surface area contributed by atoms with Gasteiger partial charge in [0.2, 0.25) is 0 Å². The molecular weight excluding hydrogens is 612 g/mol. The summed E-state index contributed by atoms with van der Waals surface area (Å²) in [7, 11) is 0. The van der Waals surface area contributed by atoms with Crippen molar-refractivity contribution in [3.05, 3.63) is 128 Å². The quantitative estimate of drug-likeness (QED) is 0.222. The lowest BCUT2D eigenvalue weighted by Gasteiger charge is -2.17. The van der Waals surface area contributed by atoms with Gasteiger partial charge in [-0.05, 0) is 36.4 Å². The summed E-state index contributed by atoms with van der Waals surface area (Å²) in [6.45, 7) is 0. The van der Waals surface area contributed by atoms with Crippen molar-refractivity contribution in [2.75, 3.05) is 10.6 Å². The molecule has 4 aromatic carbocycles. The highest BCUT2D eigenvalue weighted by Crippen LogP contribution is 2.27. The first-order valence-corrected chi connectivity index (χ1v) is 13.1. The first-order chi connectivity index (χ1) is 18.5. The summed E-state index contributed by atoms with van der Waals surface area (Å²) < 4.78 is 1.55. The van der Waals surface area contributed by atoms with Crippen LogP contribution in [-0.2, 0) is 9.59 Å². The molecule has 0 aliphatic carbocycles. The lowest BCUT2D eigenvalue weighted by atomic mass is 10.0. The van der Waals surface area contributed by atoms with Crippen LogP contribution in [0.4, 0.5) is 11.4 Å². The monoisotopic (exact) mass is 630 g/mol. The number of carbonyl (C=O) groups excluding carboxylic acids is 2. The summed E-state index contributed by atoms with van der Waals surface area (Å²) in [4.78, 5) is 26.1. The largest absolute Gasteiger partial charge is 0.317 e. The Bertz CT molecular complexity index is 1450. The number of rotatable bonds is 2. The number of hydrazine groups is 1. The van der Waals surface area contributed by atoms with E-state index in [0.717, 1.165) is 20.1 Å². The van der Waals surface area contributed by atoms with Crippen molar-refractivity contribution in [2.45, 2.75) is 0 Å². The molecule has 0 radical (unpaired) electrons. The van der Waals surface area contributed by atoms with Crippen LogP contribution in [0.5, 0.6) is 0 Å². The van der Waals surface area contributed by atoms with Gasteiger partial charge in [0.05, 0.1) is 11.4 Å². The first kappa shape index (κ1) is 25.4. The normalized spacial score (nSPS) is 16.5. The molecule has 0 saturated heterocycles. The van der Waals surface area contributed by atoms with E-state index in [1.165, 1.54) is 0 Å². The molecule has 0 bridgehead atoms. The number of amides is 2. The number of carbonyl (C=O) groups is 2. The molecule has 2 amide bonds. The van der Waals surface area contributed by atoms with E-state index in [-0.39, 0.29) is 0 Å². The van der Waals surface area contributed by atoms with Crippen LogP contribution in [0.2, 0.25) is 0 Å². The summed E-state index contributed by atoms with van der Waals surface area (Å²) >= 11 is 6.99. The Morgan fingerprint density at radius 2 is 0.921 bits per heavy atom. The van der Waals surface area contributed by atoms with Crippen molar-refractivity contribution in [2.24, 2.45) is 10.2 Å². The molecule has 1 aliphatic rings. The van der Waals surface area contributed by atoms with Crippen molar-refractivity contribution >= 4 is 66.5 Å². The fraction of sp³-hybridized carbons (Fsp3) is 0. The van der Waals surface area contributed by atoms with Gasteiger partial charge in [0.1, 0.15) is 11.4 Å². The van der Waals surface area contributed by atoms with Gasteiger partial charge in [-0.1, -0.05) is 92.5 Å². The lowest BCUT2D eigenvalue weighted by Crippen LogP contribution is -2.31. The maximum Gasteiger partial charge on any atom is 0.314 e. The molecule has 0 aromatic heterocycles. The minimum atomic E-state index is -0.823. The summed E-state index contributed by atoms with van der Waals surface area (Å²) in [5.41, 5.74) is 10.3. The zero-order valence-corrected chi connectivity index (χ0v) is 22.9. The Labute approximate surface area is 235 Å². The number of nitrogens with one attached hydrogen (secondary N) is 4. The van der Waals surface area contributed by atoms with Crippen molar-refractivity contribution in [1.29, 1.82) is 0 Å². The highest BCUT2D eigenvalue weighted by atomic mass is 79.9. The second-order valence-corrected chi connectivity index (χ2v) is 10.00. The van der Waals surface area contributed by atoms with Crippen LogP contribution >= 0.6 is 31.9 Å². The van der Waals surface area contributed by atoms with Crippen LogP contribution < -0.4 is 21.7 Å². The van der Waals surface area contributed by atoms with Crippen LogP contribution in [0.15, 0.2) is 116 Å². The molecule has 4 N–H and O–H groups in total. The molecule has 0 fully saturated rings. The molecule has 1 heterocycles. The first-order valence-electron chi connectivity index (χ1n) is 11.5. The maximum absolute atomic E-state index is 13.1. The third-order valence-corrected chi connectivity index (χ3v) is 6.64. The topological polar surface area (TPSA) is 107 Å². The number of hydrogen-bond donors (Lipinski definition) is 4. The molecule has 1 aliphatic heterocycles. The SMILES string of the molecule is O=C1Nc2ccc(Br)cc2/C(c2ccccc2)=N\NN/N=C(/c2ccccc2)c2cc(Br)ccc2NC1=O. The predicted molar refractivity (Wildman–Crippen MR) is 156 cm³/mol. The molecule has 188 valence electrons. The van der Waals surface area contributed by atoms with Gasteiger partial charge >= 0.3 is 11.8 Å². The Morgan fingerprint density at radius 1 is 0.526 bits per heavy atom. The van der Waals surface area contributed by atoms with Crippen LogP contribution in [0, 0.1) is 0 Å². The summed E-state index contributed by atoms with van der Waals surface area (Å²) in [6, 6.07) is 29.6. The number of fused-ring (bicyclic) bond motifs is 2. The van der Waals surface area contributed by atoms with Gasteiger partial charge in [0.15, 0.2) is 0 Å². The number of halogens is 2. The fourth-order valence-corrected chi connectivity index (χ4v) is 4.64. The van der Waals surface area contributed by atoms with Crippen LogP contribution in [0.25, 0.3) is 0 Å². The van der Waals surface area contributed by atoms with Crippen LogP contribution in [0.3, 0.4) is 0 Å². The highest BCUT2D eigenvalue weighted by molar-refractivity contribution is 9.10. The van der Waals surface area contributed by atoms with Gasteiger partial charge in [-0.3, -0.25) is 9.59 Å². The van der Waals surface area contributed by atoms with E-state index >= 15 is 0 Å². The third kappa shape index (κ3) is 5.66. The number of benzene rings is 4. The summed E-state index contributed by atoms with van der Waals surface area (Å²) in [5.74, 6) is -1.65. The highest BCUT2D eigenvalue weighted by Gasteiger charge is 2.22. The number of hydrogen-bond acceptors (Lipinski definition) is 6. The van der Waals surface area contributed by atoms with E-state index in [0.29, 0.717) is 33.9 Å². The van der Waals surface area contributed by atoms with Gasteiger partial charge < -0.3 is 10.6 Å². The summed E-state index contributed by atoms with van der Waals surface area (Å²) in [5, 5.41) is 14.6. The van der Waals surface area contributed by atoms with E-state index in [1.807, 2.05) is 72.8 Å². The Hall–Kier alpha value is -4.28. The molecule has 0 spiro atoms. The fourth-order valence-electron chi connectivity index (χ4n) is 3.92. The number of hydrazone groups is 2. The molecule has 0 saturated carbocycles. The zero-order valence-electron chi connectivity index (χ0n) is 19.7. The van der Waals surface area contributed by atoms with Crippen molar-refractivity contribution in [3.8, 4) is 0 Å². The average molecular weight is 632 g/mol. The van der Waals surface area contributed by atoms with E-state index in [9.17, 15) is 9.59 Å². The van der Waals surface area contributed by atoms with E-state index in [2.05, 4.69) is 63.8 Å². The Kier molecular flexibility index (Phi) is 7.62. The van der Waals surface area contributed by atoms with Crippen LogP contribution in [-0.4, -0.2) is 23.2 Å². The van der Waals surface area contributed by atoms with Gasteiger partial charge in [-0.15, -0.1) is 0 Å². The predicted octanol–water partition coefficient (Wildman–Crippen LogP) is 5.40. The van der Waals surface area contributed by atoms with Gasteiger partial charge in [0.25, 0.3) is 0 Å². The Balaban J connectivity index is 1.68. The number of anilines is 2. The standard InChI is InChI=1S/C28H20Br2N6O2/c29-19-11-13-23-21(15-19)25(17-7-3-1-4-8-17)33-35-36-34-26(18-9-5-2-6-10-18)22-16-20(30)12-14-24(22)32-28(38)27(37)31-23/h1-16,35-36H,(H,31,37)(H,32,38)/b33-25-,34-26-. The van der Waals surface area contributed by atoms with Crippen molar-refractivity contribution in [3.63, 3.8) is 0 Å². The minimum Gasteiger partial charge on any atom is -0.317 e. The molecule has 0 unspecified atom stereocenters. The van der Waals surface area contributed by atoms with Gasteiger partial charge in [0, 0.05) is 31.2 Å². The summed E-state index contributed by atoms with van der Waals surface area (Å²) in [6.07, 6.45) is 0. The molecule has 0 atom stereocenters.